The van der Waals surface area contributed by atoms with Gasteiger partial charge in [0.15, 0.2) is 0 Å². The smallest absolute Gasteiger partial charge is 0.0902 e. The van der Waals surface area contributed by atoms with Crippen molar-refractivity contribution in [2.75, 3.05) is 0 Å². The number of aryl methyl sites for hydroxylation is 3. The second-order valence-corrected chi connectivity index (χ2v) is 24.9. The van der Waals surface area contributed by atoms with Crippen LogP contribution in [0.25, 0.3) is 43.4 Å². The van der Waals surface area contributed by atoms with Gasteiger partial charge in [-0.3, -0.25) is 4.98 Å². The van der Waals surface area contributed by atoms with E-state index in [0.717, 1.165) is 12.1 Å². The van der Waals surface area contributed by atoms with Crippen LogP contribution in [0.4, 0.5) is 0 Å². The van der Waals surface area contributed by atoms with Crippen LogP contribution in [-0.4, -0.2) is 4.98 Å². The second kappa shape index (κ2) is 44.7. The average molecular weight is 1300 g/mol. The number of benzene rings is 10. The molecule has 0 radical (unpaired) electrons. The van der Waals surface area contributed by atoms with E-state index in [-0.39, 0.29) is 40.5 Å². The molecular formula is C93H119NOS. The van der Waals surface area contributed by atoms with Crippen molar-refractivity contribution in [3.05, 3.63) is 352 Å². The third-order valence-corrected chi connectivity index (χ3v) is 16.4. The largest absolute Gasteiger partial charge is 0.473 e. The van der Waals surface area contributed by atoms with Crippen LogP contribution in [0.5, 0.6) is 0 Å². The maximum Gasteiger partial charge on any atom is 0.0902 e. The van der Waals surface area contributed by atoms with E-state index in [2.05, 4.69) is 261 Å². The van der Waals surface area contributed by atoms with Gasteiger partial charge in [-0.25, -0.2) is 0 Å². The van der Waals surface area contributed by atoms with Crippen molar-refractivity contribution in [2.24, 2.45) is 0 Å². The minimum absolute atomic E-state index is 0. The second-order valence-electron chi connectivity index (χ2n) is 24.1. The fourth-order valence-electron chi connectivity index (χ4n) is 10.9. The molecule has 2 nitrogen and oxygen atoms in total. The Morgan fingerprint density at radius 2 is 0.760 bits per heavy atom. The molecule has 2 aliphatic rings. The highest BCUT2D eigenvalue weighted by atomic mass is 32.1. The van der Waals surface area contributed by atoms with Crippen molar-refractivity contribution in [3.63, 3.8) is 0 Å². The van der Waals surface area contributed by atoms with E-state index in [9.17, 15) is 0 Å². The number of hydrogen-bond donors (Lipinski definition) is 0. The van der Waals surface area contributed by atoms with Gasteiger partial charge in [0.25, 0.3) is 0 Å². The Morgan fingerprint density at radius 3 is 1.17 bits per heavy atom. The van der Waals surface area contributed by atoms with Gasteiger partial charge in [-0.1, -0.05) is 363 Å². The maximum absolute atomic E-state index is 4.58. The Labute approximate surface area is 588 Å². The number of aromatic nitrogens is 1. The van der Waals surface area contributed by atoms with Crippen LogP contribution >= 0.6 is 11.3 Å². The Morgan fingerprint density at radius 1 is 0.354 bits per heavy atom. The monoisotopic (exact) mass is 1300 g/mol. The molecule has 0 saturated heterocycles. The summed E-state index contributed by atoms with van der Waals surface area (Å²) in [6, 6.07) is 91.5. The molecule has 0 unspecified atom stereocenters. The van der Waals surface area contributed by atoms with Crippen LogP contribution < -0.4 is 0 Å². The highest BCUT2D eigenvalue weighted by Gasteiger charge is 2.27. The molecule has 3 heteroatoms. The third-order valence-electron chi connectivity index (χ3n) is 15.8. The Kier molecular flexibility index (Phi) is 39.6. The lowest BCUT2D eigenvalue weighted by molar-refractivity contribution is 0.567. The van der Waals surface area contributed by atoms with E-state index in [0.29, 0.717) is 11.8 Å². The molecule has 96 heavy (non-hydrogen) atoms. The summed E-state index contributed by atoms with van der Waals surface area (Å²) in [5.41, 5.74) is 18.9. The summed E-state index contributed by atoms with van der Waals surface area (Å²) < 4.78 is 4.58. The molecule has 0 saturated carbocycles. The molecule has 3 heterocycles. The lowest BCUT2D eigenvalue weighted by Crippen LogP contribution is -2.18. The molecule has 0 N–H and O–H groups in total. The van der Waals surface area contributed by atoms with Crippen LogP contribution in [-0.2, 0) is 17.3 Å². The lowest BCUT2D eigenvalue weighted by Gasteiger charge is -2.30. The normalized spacial score (nSPS) is 10.7. The maximum atomic E-state index is 4.58. The highest BCUT2D eigenvalue weighted by molar-refractivity contribution is 7.07. The van der Waals surface area contributed by atoms with Gasteiger partial charge in [-0.15, -0.1) is 0 Å². The number of thiophene rings is 1. The summed E-state index contributed by atoms with van der Waals surface area (Å²) in [7, 11) is 0. The zero-order valence-electron chi connectivity index (χ0n) is 58.3. The molecule has 0 amide bonds. The molecule has 0 atom stereocenters. The van der Waals surface area contributed by atoms with Crippen molar-refractivity contribution in [1.29, 1.82) is 0 Å². The molecule has 10 aromatic carbocycles. The van der Waals surface area contributed by atoms with Gasteiger partial charge in [0.05, 0.1) is 12.5 Å². The van der Waals surface area contributed by atoms with E-state index in [1.807, 2.05) is 138 Å². The van der Waals surface area contributed by atoms with Gasteiger partial charge in [0.2, 0.25) is 0 Å². The van der Waals surface area contributed by atoms with E-state index in [1.54, 1.807) is 30.1 Å². The van der Waals surface area contributed by atoms with Gasteiger partial charge in [-0.2, -0.15) is 11.3 Å². The van der Waals surface area contributed by atoms with Crippen LogP contribution in [0, 0.1) is 20.8 Å². The van der Waals surface area contributed by atoms with Crippen LogP contribution in [0.2, 0.25) is 0 Å². The molecular weight excluding hydrogens is 1180 g/mol. The van der Waals surface area contributed by atoms with Crippen LogP contribution in [0.15, 0.2) is 295 Å². The van der Waals surface area contributed by atoms with E-state index in [1.165, 1.54) is 99.1 Å². The fraction of sp³-hybridized carbons (Fsp3) is 0.280. The Bertz CT molecular complexity index is 3910. The predicted octanol–water partition coefficient (Wildman–Crippen LogP) is 29.3. The molecule has 3 aromatic heterocycles. The number of fused-ring (bicyclic) bond motifs is 9. The first-order chi connectivity index (χ1) is 44.6. The standard InChI is InChI=1S/C23H30.C15H12.C14H12.C11H10.C6H7N.C6H6.C4H4O.C4H4S.3C2H6.4CH4/c1-15-20-13-18(22(2,3)4)10-8-16(20)12-17-9-11-19(14-21(15)17)23(5,6)7;1-11-10-12-6-2-3-8-14(12)15-9-5-4-7-13(11)15;1-10-11-6-2-4-8-13(11)14-9-5-3-7-12(10)14;1-9-5-4-7-10-6-2-3-8-11(9)10;1-6-4-2-3-5-7-6;1-2-4-6-5-3-1;2*1-2-4-5-3-1;3*1-2;;;;/h8-11,13-15H,12H2,1-7H3;2-10H,1H3;2-10H,1H3;2-8H,1H3;2-5H,1H3;1-6H;2*1-4H;3*1-2H3;4*1H4. The predicted molar refractivity (Wildman–Crippen MR) is 434 cm³/mol. The molecule has 0 bridgehead atoms. The van der Waals surface area contributed by atoms with Crippen molar-refractivity contribution >= 4 is 43.7 Å². The molecule has 0 fully saturated rings. The van der Waals surface area contributed by atoms with E-state index in [4.69, 9.17) is 0 Å². The molecule has 2 aliphatic carbocycles. The van der Waals surface area contributed by atoms with Gasteiger partial charge in [0.1, 0.15) is 0 Å². The molecule has 13 aromatic rings. The van der Waals surface area contributed by atoms with Crippen molar-refractivity contribution < 1.29 is 4.42 Å². The van der Waals surface area contributed by atoms with Gasteiger partial charge < -0.3 is 4.42 Å². The molecule has 0 aliphatic heterocycles. The summed E-state index contributed by atoms with van der Waals surface area (Å²) in [4.78, 5) is 3.98. The Balaban J connectivity index is 0.000000564. The quantitative estimate of drug-likeness (QED) is 0.141. The topological polar surface area (TPSA) is 26.0 Å². The average Bonchev–Trinajstić information content (AvgIpc) is 1.11. The van der Waals surface area contributed by atoms with Crippen LogP contribution in [0.1, 0.15) is 200 Å². The molecule has 508 valence electrons. The van der Waals surface area contributed by atoms with Gasteiger partial charge >= 0.3 is 0 Å². The third kappa shape index (κ3) is 25.4. The first-order valence-electron chi connectivity index (χ1n) is 33.2. The first kappa shape index (κ1) is 85.1. The summed E-state index contributed by atoms with van der Waals surface area (Å²) in [6.45, 7) is 36.7. The SMILES string of the molecule is C.C.C.C.CC.CC.CC.CC1c2cc(C(C)(C)C)ccc2Cc2ccc(C(C)(C)C)cc21.CC1c2ccccc2-c2ccccc21.Cc1cc2ccccc2c2ccccc12.Cc1cccc2ccccc12.Cc1ccccn1.c1ccccc1.c1ccoc1.c1ccsc1. The number of hydrogen-bond acceptors (Lipinski definition) is 3. The number of rotatable bonds is 0. The number of pyridine rings is 1. The zero-order valence-corrected chi connectivity index (χ0v) is 59.2. The highest BCUT2D eigenvalue weighted by Crippen LogP contribution is 2.44. The molecule has 0 spiro atoms. The minimum atomic E-state index is 0. The van der Waals surface area contributed by atoms with Crippen molar-refractivity contribution in [1.82, 2.24) is 4.98 Å². The minimum Gasteiger partial charge on any atom is -0.473 e. The summed E-state index contributed by atoms with van der Waals surface area (Å²) in [5.74, 6) is 1.04. The zero-order chi connectivity index (χ0) is 66.9. The first-order valence-corrected chi connectivity index (χ1v) is 34.1. The number of furan rings is 1. The van der Waals surface area contributed by atoms with Crippen molar-refractivity contribution in [3.8, 4) is 11.1 Å². The van der Waals surface area contributed by atoms with Gasteiger partial charge in [0, 0.05) is 23.7 Å². The Hall–Kier alpha value is -8.89. The molecule has 15 rings (SSSR count). The summed E-state index contributed by atoms with van der Waals surface area (Å²) in [6.07, 6.45) is 6.11. The van der Waals surface area contributed by atoms with Crippen LogP contribution in [0.3, 0.4) is 0 Å². The lowest BCUT2D eigenvalue weighted by atomic mass is 9.74. The summed E-state index contributed by atoms with van der Waals surface area (Å²) in [5, 5.41) is 12.2. The number of nitrogens with zero attached hydrogens (tertiary/aromatic N) is 1. The van der Waals surface area contributed by atoms with E-state index >= 15 is 0 Å². The van der Waals surface area contributed by atoms with Crippen molar-refractivity contribution in [2.45, 2.75) is 176 Å². The van der Waals surface area contributed by atoms with Gasteiger partial charge in [-0.05, 0) is 172 Å². The summed E-state index contributed by atoms with van der Waals surface area (Å²) >= 11 is 1.71. The fourth-order valence-corrected chi connectivity index (χ4v) is 11.4. The van der Waals surface area contributed by atoms with E-state index < -0.39 is 0 Å².